The van der Waals surface area contributed by atoms with Gasteiger partial charge in [-0.15, -0.1) is 11.3 Å². The summed E-state index contributed by atoms with van der Waals surface area (Å²) in [6, 6.07) is 0. The minimum absolute atomic E-state index is 0.0658. The van der Waals surface area contributed by atoms with E-state index in [1.807, 2.05) is 6.92 Å². The Morgan fingerprint density at radius 3 is 3.00 bits per heavy atom. The third-order valence-electron chi connectivity index (χ3n) is 1.70. The number of nitrogens with zero attached hydrogens (tertiary/aromatic N) is 1. The first-order chi connectivity index (χ1) is 6.74. The van der Waals surface area contributed by atoms with Gasteiger partial charge >= 0.3 is 0 Å². The number of hydrogen-bond donors (Lipinski definition) is 1. The highest BCUT2D eigenvalue weighted by molar-refractivity contribution is 9.09. The van der Waals surface area contributed by atoms with Gasteiger partial charge in [-0.2, -0.15) is 0 Å². The maximum atomic E-state index is 11.4. The fourth-order valence-electron chi connectivity index (χ4n) is 0.980. The first-order valence-corrected chi connectivity index (χ1v) is 6.50. The van der Waals surface area contributed by atoms with Crippen LogP contribution in [0, 0.1) is 6.92 Å². The molecule has 0 saturated carbocycles. The predicted molar refractivity (Wildman–Crippen MR) is 62.2 cm³/mol. The summed E-state index contributed by atoms with van der Waals surface area (Å²) in [7, 11) is 0. The molecule has 0 aliphatic rings. The van der Waals surface area contributed by atoms with E-state index >= 15 is 0 Å². The molecule has 1 amide bonds. The zero-order valence-corrected chi connectivity index (χ0v) is 10.4. The number of nitrogens with one attached hydrogen (secondary N) is 1. The Kier molecular flexibility index (Phi) is 5.11. The van der Waals surface area contributed by atoms with Gasteiger partial charge in [0.25, 0.3) is 5.91 Å². The van der Waals surface area contributed by atoms with Gasteiger partial charge in [-0.3, -0.25) is 4.79 Å². The number of aryl methyl sites for hydroxylation is 1. The molecular weight excluding hydrogens is 264 g/mol. The highest BCUT2D eigenvalue weighted by Crippen LogP contribution is 2.07. The molecule has 0 aromatic carbocycles. The van der Waals surface area contributed by atoms with E-state index in [1.54, 1.807) is 5.38 Å². The van der Waals surface area contributed by atoms with Gasteiger partial charge in [0.05, 0.1) is 5.01 Å². The molecule has 0 saturated heterocycles. The summed E-state index contributed by atoms with van der Waals surface area (Å²) in [6.07, 6.45) is 2.08. The van der Waals surface area contributed by atoms with Gasteiger partial charge in [0, 0.05) is 17.3 Å². The highest BCUT2D eigenvalue weighted by Gasteiger charge is 2.07. The summed E-state index contributed by atoms with van der Waals surface area (Å²) in [6.45, 7) is 2.62. The normalized spacial score (nSPS) is 10.1. The maximum Gasteiger partial charge on any atom is 0.270 e. The Morgan fingerprint density at radius 2 is 2.43 bits per heavy atom. The van der Waals surface area contributed by atoms with Crippen molar-refractivity contribution in [3.05, 3.63) is 16.1 Å². The smallest absolute Gasteiger partial charge is 0.270 e. The van der Waals surface area contributed by atoms with Gasteiger partial charge in [-0.1, -0.05) is 15.9 Å². The van der Waals surface area contributed by atoms with E-state index in [9.17, 15) is 4.79 Å². The molecule has 0 aliphatic carbocycles. The second-order valence-corrected chi connectivity index (χ2v) is 4.76. The highest BCUT2D eigenvalue weighted by atomic mass is 79.9. The molecular formula is C9H13BrN2OS. The average molecular weight is 277 g/mol. The molecule has 3 nitrogen and oxygen atoms in total. The summed E-state index contributed by atoms with van der Waals surface area (Å²) in [4.78, 5) is 15.5. The van der Waals surface area contributed by atoms with Crippen LogP contribution in [-0.4, -0.2) is 22.8 Å². The van der Waals surface area contributed by atoms with Crippen LogP contribution in [-0.2, 0) is 0 Å². The van der Waals surface area contributed by atoms with E-state index in [1.165, 1.54) is 11.3 Å². The third-order valence-corrected chi connectivity index (χ3v) is 3.03. The van der Waals surface area contributed by atoms with Crippen LogP contribution >= 0.6 is 27.3 Å². The fraction of sp³-hybridized carbons (Fsp3) is 0.556. The number of carbonyl (C=O) groups is 1. The Balaban J connectivity index is 2.29. The Bertz CT molecular complexity index is 301. The van der Waals surface area contributed by atoms with Crippen LogP contribution in [0.3, 0.4) is 0 Å². The zero-order valence-electron chi connectivity index (χ0n) is 8.05. The molecule has 14 heavy (non-hydrogen) atoms. The third kappa shape index (κ3) is 3.75. The maximum absolute atomic E-state index is 11.4. The van der Waals surface area contributed by atoms with Crippen molar-refractivity contribution < 1.29 is 4.79 Å². The van der Waals surface area contributed by atoms with Crippen molar-refractivity contribution in [2.45, 2.75) is 19.8 Å². The van der Waals surface area contributed by atoms with Crippen LogP contribution in [0.4, 0.5) is 0 Å². The fourth-order valence-corrected chi connectivity index (χ4v) is 1.97. The van der Waals surface area contributed by atoms with Gasteiger partial charge in [-0.25, -0.2) is 4.98 Å². The minimum atomic E-state index is -0.0658. The Morgan fingerprint density at radius 1 is 1.64 bits per heavy atom. The molecule has 0 atom stereocenters. The number of amides is 1. The average Bonchev–Trinajstić information content (AvgIpc) is 2.59. The van der Waals surface area contributed by atoms with Crippen molar-refractivity contribution in [2.24, 2.45) is 0 Å². The van der Waals surface area contributed by atoms with Crippen LogP contribution < -0.4 is 5.32 Å². The topological polar surface area (TPSA) is 42.0 Å². The Labute approximate surface area is 96.1 Å². The number of hydrogen-bond acceptors (Lipinski definition) is 3. The van der Waals surface area contributed by atoms with Gasteiger partial charge in [-0.05, 0) is 19.8 Å². The van der Waals surface area contributed by atoms with Crippen molar-refractivity contribution in [2.75, 3.05) is 11.9 Å². The first kappa shape index (κ1) is 11.7. The molecule has 78 valence electrons. The molecule has 1 heterocycles. The second-order valence-electron chi connectivity index (χ2n) is 2.90. The van der Waals surface area contributed by atoms with E-state index in [4.69, 9.17) is 0 Å². The Hall–Kier alpha value is -0.420. The number of halogens is 1. The van der Waals surface area contributed by atoms with Crippen LogP contribution in [0.25, 0.3) is 0 Å². The number of aromatic nitrogens is 1. The summed E-state index contributed by atoms with van der Waals surface area (Å²) in [5.74, 6) is -0.0658. The second kappa shape index (κ2) is 6.14. The van der Waals surface area contributed by atoms with E-state index in [-0.39, 0.29) is 5.91 Å². The van der Waals surface area contributed by atoms with Gasteiger partial charge < -0.3 is 5.32 Å². The molecule has 1 aromatic heterocycles. The monoisotopic (exact) mass is 276 g/mol. The number of carbonyl (C=O) groups excluding carboxylic acids is 1. The molecule has 0 aliphatic heterocycles. The number of alkyl halides is 1. The molecule has 5 heteroatoms. The summed E-state index contributed by atoms with van der Waals surface area (Å²) in [5.41, 5.74) is 0.534. The lowest BCUT2D eigenvalue weighted by Gasteiger charge is -2.00. The van der Waals surface area contributed by atoms with Crippen molar-refractivity contribution >= 4 is 33.2 Å². The number of thiazole rings is 1. The lowest BCUT2D eigenvalue weighted by molar-refractivity contribution is 0.0949. The standard InChI is InChI=1S/C9H13BrN2OS/c1-7-12-8(6-14-7)9(13)11-5-3-2-4-10/h6H,2-5H2,1H3,(H,11,13). The molecule has 0 unspecified atom stereocenters. The minimum Gasteiger partial charge on any atom is -0.351 e. The van der Waals surface area contributed by atoms with E-state index in [2.05, 4.69) is 26.2 Å². The van der Waals surface area contributed by atoms with E-state index < -0.39 is 0 Å². The molecule has 0 radical (unpaired) electrons. The number of unbranched alkanes of at least 4 members (excludes halogenated alkanes) is 1. The van der Waals surface area contributed by atoms with E-state index in [0.717, 1.165) is 29.7 Å². The van der Waals surface area contributed by atoms with Gasteiger partial charge in [0.2, 0.25) is 0 Å². The molecule has 1 rings (SSSR count). The largest absolute Gasteiger partial charge is 0.351 e. The summed E-state index contributed by atoms with van der Waals surface area (Å²) < 4.78 is 0. The summed E-state index contributed by atoms with van der Waals surface area (Å²) >= 11 is 4.84. The molecule has 0 fully saturated rings. The lowest BCUT2D eigenvalue weighted by atomic mass is 10.3. The van der Waals surface area contributed by atoms with Crippen molar-refractivity contribution in [1.29, 1.82) is 0 Å². The lowest BCUT2D eigenvalue weighted by Crippen LogP contribution is -2.24. The summed E-state index contributed by atoms with van der Waals surface area (Å²) in [5, 5.41) is 6.53. The van der Waals surface area contributed by atoms with Crippen LogP contribution in [0.5, 0.6) is 0 Å². The quantitative estimate of drug-likeness (QED) is 0.663. The zero-order chi connectivity index (χ0) is 10.4. The first-order valence-electron chi connectivity index (χ1n) is 4.50. The van der Waals surface area contributed by atoms with Crippen molar-refractivity contribution in [3.8, 4) is 0 Å². The molecule has 0 bridgehead atoms. The molecule has 1 N–H and O–H groups in total. The van der Waals surface area contributed by atoms with Gasteiger partial charge in [0.1, 0.15) is 5.69 Å². The van der Waals surface area contributed by atoms with Crippen molar-refractivity contribution in [3.63, 3.8) is 0 Å². The SMILES string of the molecule is Cc1nc(C(=O)NCCCCBr)cs1. The number of rotatable bonds is 5. The van der Waals surface area contributed by atoms with Crippen LogP contribution in [0.15, 0.2) is 5.38 Å². The van der Waals surface area contributed by atoms with Crippen LogP contribution in [0.1, 0.15) is 28.3 Å². The predicted octanol–water partition coefficient (Wildman–Crippen LogP) is 2.36. The van der Waals surface area contributed by atoms with Crippen LogP contribution in [0.2, 0.25) is 0 Å². The molecule has 1 aromatic rings. The molecule has 0 spiro atoms. The van der Waals surface area contributed by atoms with Gasteiger partial charge in [0.15, 0.2) is 0 Å². The van der Waals surface area contributed by atoms with E-state index in [0.29, 0.717) is 5.69 Å². The van der Waals surface area contributed by atoms with Crippen molar-refractivity contribution in [1.82, 2.24) is 10.3 Å².